The topological polar surface area (TPSA) is 237 Å². The Morgan fingerprint density at radius 2 is 0.587 bits per heavy atom. The predicted octanol–water partition coefficient (Wildman–Crippen LogP) is 20.6. The van der Waals surface area contributed by atoms with Crippen molar-refractivity contribution in [2.75, 3.05) is 39.6 Å². The quantitative estimate of drug-likeness (QED) is 0.0169. The molecule has 0 fully saturated rings. The first-order valence-electron chi connectivity index (χ1n) is 37.2. The molecular formula is C73H138O17P2. The molecule has 0 bridgehead atoms. The number of unbranched alkanes of at least 4 members (excludes halogenated alkanes) is 34. The second kappa shape index (κ2) is 63.3. The van der Waals surface area contributed by atoms with Crippen LogP contribution in [0.3, 0.4) is 0 Å². The average Bonchev–Trinajstić information content (AvgIpc) is 3.37. The van der Waals surface area contributed by atoms with Crippen molar-refractivity contribution in [2.24, 2.45) is 17.8 Å². The highest BCUT2D eigenvalue weighted by Gasteiger charge is 2.30. The van der Waals surface area contributed by atoms with Crippen molar-refractivity contribution >= 4 is 39.5 Å². The average molecular weight is 1350 g/mol. The summed E-state index contributed by atoms with van der Waals surface area (Å²) in [7, 11) is -9.92. The lowest BCUT2D eigenvalue weighted by atomic mass is 10.0. The van der Waals surface area contributed by atoms with Crippen molar-refractivity contribution in [1.82, 2.24) is 0 Å². The normalized spacial score (nSPS) is 14.3. The van der Waals surface area contributed by atoms with Crippen LogP contribution < -0.4 is 0 Å². The molecule has 0 aromatic rings. The summed E-state index contributed by atoms with van der Waals surface area (Å²) in [6, 6.07) is 0. The molecule has 0 aromatic carbocycles. The van der Waals surface area contributed by atoms with Crippen molar-refractivity contribution in [2.45, 2.75) is 362 Å². The summed E-state index contributed by atoms with van der Waals surface area (Å²) in [6.45, 7) is 11.7. The van der Waals surface area contributed by atoms with Crippen molar-refractivity contribution in [3.8, 4) is 0 Å². The Balaban J connectivity index is 5.25. The molecule has 0 aromatic heterocycles. The Bertz CT molecular complexity index is 1890. The van der Waals surface area contributed by atoms with E-state index in [4.69, 9.17) is 37.0 Å². The standard InChI is InChI=1S/C73H138O17P2/c1-8-9-10-11-12-13-14-15-17-22-25-28-33-42-49-56-72(77)89-68(60-83-70(75)54-47-40-32-27-24-21-19-16-18-20-23-26-30-37-44-51-64(2)3)62-87-91(79,80)85-58-67(74)59-86-92(81,82)88-63-69(61-84-71(76)55-48-41-36-35-39-46-53-66(6)7)90-73(78)57-50-43-34-29-31-38-45-52-65(4)5/h13-15,17,64-69,74H,8-12,16,18-63H2,1-7H3,(H,79,80)(H,81,82)/b14-13-,17-15-/t67-,68-,69-/m1/s1. The lowest BCUT2D eigenvalue weighted by molar-refractivity contribution is -0.161. The van der Waals surface area contributed by atoms with Crippen LogP contribution >= 0.6 is 15.6 Å². The lowest BCUT2D eigenvalue weighted by Crippen LogP contribution is -2.30. The monoisotopic (exact) mass is 1350 g/mol. The number of hydrogen-bond donors (Lipinski definition) is 3. The highest BCUT2D eigenvalue weighted by Crippen LogP contribution is 2.45. The van der Waals surface area contributed by atoms with Crippen LogP contribution in [0, 0.1) is 17.8 Å². The number of hydrogen-bond acceptors (Lipinski definition) is 15. The van der Waals surface area contributed by atoms with E-state index in [1.807, 2.05) is 0 Å². The molecule has 0 saturated heterocycles. The maximum Gasteiger partial charge on any atom is 0.472 e. The molecule has 0 radical (unpaired) electrons. The van der Waals surface area contributed by atoms with E-state index >= 15 is 0 Å². The van der Waals surface area contributed by atoms with Gasteiger partial charge in [0.2, 0.25) is 0 Å². The van der Waals surface area contributed by atoms with Gasteiger partial charge in [0, 0.05) is 25.7 Å². The zero-order valence-corrected chi connectivity index (χ0v) is 61.3. The van der Waals surface area contributed by atoms with Crippen LogP contribution in [0.5, 0.6) is 0 Å². The summed E-state index contributed by atoms with van der Waals surface area (Å²) < 4.78 is 68.3. The summed E-state index contributed by atoms with van der Waals surface area (Å²) in [5, 5.41) is 10.6. The van der Waals surface area contributed by atoms with E-state index in [2.05, 4.69) is 72.8 Å². The summed E-state index contributed by atoms with van der Waals surface area (Å²) in [4.78, 5) is 72.5. The molecule has 0 aliphatic carbocycles. The number of allylic oxidation sites excluding steroid dienone is 4. The number of esters is 4. The molecule has 542 valence electrons. The molecule has 0 amide bonds. The Hall–Kier alpha value is -2.46. The summed E-state index contributed by atoms with van der Waals surface area (Å²) in [5.74, 6) is 0.0185. The predicted molar refractivity (Wildman–Crippen MR) is 372 cm³/mol. The van der Waals surface area contributed by atoms with Crippen LogP contribution in [-0.4, -0.2) is 96.7 Å². The molecule has 2 unspecified atom stereocenters. The number of phosphoric ester groups is 2. The van der Waals surface area contributed by atoms with Gasteiger partial charge >= 0.3 is 39.5 Å². The van der Waals surface area contributed by atoms with Crippen molar-refractivity contribution < 1.29 is 80.2 Å². The van der Waals surface area contributed by atoms with E-state index in [1.165, 1.54) is 135 Å². The number of carbonyl (C=O) groups is 4. The van der Waals surface area contributed by atoms with E-state index < -0.39 is 97.5 Å². The number of aliphatic hydroxyl groups is 1. The fourth-order valence-electron chi connectivity index (χ4n) is 10.5. The number of aliphatic hydroxyl groups excluding tert-OH is 1. The smallest absolute Gasteiger partial charge is 0.462 e. The molecule has 92 heavy (non-hydrogen) atoms. The lowest BCUT2D eigenvalue weighted by Gasteiger charge is -2.21. The third-order valence-corrected chi connectivity index (χ3v) is 18.2. The largest absolute Gasteiger partial charge is 0.472 e. The minimum absolute atomic E-state index is 0.0847. The third kappa shape index (κ3) is 66.2. The zero-order chi connectivity index (χ0) is 68.0. The van der Waals surface area contributed by atoms with Crippen LogP contribution in [0.2, 0.25) is 0 Å². The van der Waals surface area contributed by atoms with Crippen molar-refractivity contribution in [3.63, 3.8) is 0 Å². The zero-order valence-electron chi connectivity index (χ0n) is 59.5. The summed E-state index contributed by atoms with van der Waals surface area (Å²) in [5.41, 5.74) is 0. The molecular weight excluding hydrogens is 1210 g/mol. The second-order valence-electron chi connectivity index (χ2n) is 27.1. The van der Waals surface area contributed by atoms with E-state index in [9.17, 15) is 43.2 Å². The molecule has 5 atom stereocenters. The maximum absolute atomic E-state index is 13.0. The van der Waals surface area contributed by atoms with Gasteiger partial charge in [0.05, 0.1) is 26.4 Å². The van der Waals surface area contributed by atoms with Crippen molar-refractivity contribution in [3.05, 3.63) is 24.3 Å². The first-order valence-corrected chi connectivity index (χ1v) is 40.2. The van der Waals surface area contributed by atoms with Gasteiger partial charge in [0.15, 0.2) is 12.2 Å². The highest BCUT2D eigenvalue weighted by atomic mass is 31.2. The van der Waals surface area contributed by atoms with Gasteiger partial charge in [-0.2, -0.15) is 0 Å². The molecule has 0 rings (SSSR count). The van der Waals surface area contributed by atoms with Crippen LogP contribution in [0.15, 0.2) is 24.3 Å². The molecule has 0 heterocycles. The van der Waals surface area contributed by atoms with Crippen LogP contribution in [0.25, 0.3) is 0 Å². The van der Waals surface area contributed by atoms with Crippen LogP contribution in [-0.2, 0) is 65.4 Å². The Kier molecular flexibility index (Phi) is 61.6. The summed E-state index contributed by atoms with van der Waals surface area (Å²) >= 11 is 0. The second-order valence-corrected chi connectivity index (χ2v) is 30.0. The molecule has 0 saturated carbocycles. The molecule has 0 aliphatic heterocycles. The minimum atomic E-state index is -4.96. The minimum Gasteiger partial charge on any atom is -0.462 e. The Morgan fingerprint density at radius 3 is 0.880 bits per heavy atom. The fraction of sp³-hybridized carbons (Fsp3) is 0.890. The molecule has 0 spiro atoms. The molecule has 0 aliphatic rings. The number of phosphoric acid groups is 2. The van der Waals surface area contributed by atoms with Gasteiger partial charge in [-0.05, 0) is 69.1 Å². The van der Waals surface area contributed by atoms with Gasteiger partial charge < -0.3 is 33.8 Å². The maximum atomic E-state index is 13.0. The SMILES string of the molecule is CCCCCC/C=C\C=C/CCCCCCCC(=O)O[C@H](COC(=O)CCCCCCCCCCCCCCCCCC(C)C)COP(=O)(O)OC[C@@H](O)COP(=O)(O)OC[C@@H](COC(=O)CCCCCCCCC(C)C)OC(=O)CCCCCCCCCC(C)C. The first-order chi connectivity index (χ1) is 44.2. The van der Waals surface area contributed by atoms with Crippen LogP contribution in [0.1, 0.15) is 344 Å². The van der Waals surface area contributed by atoms with Gasteiger partial charge in [-0.3, -0.25) is 37.3 Å². The van der Waals surface area contributed by atoms with Gasteiger partial charge in [0.25, 0.3) is 0 Å². The highest BCUT2D eigenvalue weighted by molar-refractivity contribution is 7.47. The van der Waals surface area contributed by atoms with Crippen molar-refractivity contribution in [1.29, 1.82) is 0 Å². The number of ether oxygens (including phenoxy) is 4. The number of carbonyl (C=O) groups excluding carboxylic acids is 4. The van der Waals surface area contributed by atoms with E-state index in [1.54, 1.807) is 0 Å². The molecule has 17 nitrogen and oxygen atoms in total. The number of rotatable bonds is 69. The fourth-order valence-corrected chi connectivity index (χ4v) is 12.1. The van der Waals surface area contributed by atoms with Gasteiger partial charge in [-0.25, -0.2) is 9.13 Å². The first kappa shape index (κ1) is 89.5. The Morgan fingerprint density at radius 1 is 0.337 bits per heavy atom. The van der Waals surface area contributed by atoms with Gasteiger partial charge in [-0.1, -0.05) is 291 Å². The Labute approximate surface area is 561 Å². The van der Waals surface area contributed by atoms with Gasteiger partial charge in [-0.15, -0.1) is 0 Å². The van der Waals surface area contributed by atoms with E-state index in [-0.39, 0.29) is 25.7 Å². The van der Waals surface area contributed by atoms with Gasteiger partial charge in [0.1, 0.15) is 19.3 Å². The van der Waals surface area contributed by atoms with E-state index in [0.717, 1.165) is 115 Å². The molecule has 3 N–H and O–H groups in total. The third-order valence-electron chi connectivity index (χ3n) is 16.3. The van der Waals surface area contributed by atoms with E-state index in [0.29, 0.717) is 37.5 Å². The summed E-state index contributed by atoms with van der Waals surface area (Å²) in [6.07, 6.45) is 51.1. The molecule has 19 heteroatoms. The van der Waals surface area contributed by atoms with Crippen LogP contribution in [0.4, 0.5) is 0 Å².